The fraction of sp³-hybridized carbons (Fsp3) is 0.415. The number of alkyl carbamates (subject to hydrolysis) is 1. The number of piperazine rings is 1. The number of hydrogen-bond donors (Lipinski definition) is 4. The zero-order valence-corrected chi connectivity index (χ0v) is 34.2. The summed E-state index contributed by atoms with van der Waals surface area (Å²) in [5, 5.41) is 7.69. The van der Waals surface area contributed by atoms with Crippen LogP contribution in [0.1, 0.15) is 68.3 Å². The lowest BCUT2D eigenvalue weighted by Gasteiger charge is -2.44. The highest BCUT2D eigenvalue weighted by molar-refractivity contribution is 6.34. The van der Waals surface area contributed by atoms with Crippen LogP contribution in [0.3, 0.4) is 0 Å². The van der Waals surface area contributed by atoms with E-state index in [-0.39, 0.29) is 63.4 Å². The van der Waals surface area contributed by atoms with Gasteiger partial charge in [0.1, 0.15) is 17.7 Å². The van der Waals surface area contributed by atoms with Gasteiger partial charge >= 0.3 is 18.3 Å². The van der Waals surface area contributed by atoms with Crippen molar-refractivity contribution in [1.82, 2.24) is 35.4 Å². The third kappa shape index (κ3) is 9.24. The van der Waals surface area contributed by atoms with E-state index in [1.807, 2.05) is 32.6 Å². The zero-order valence-electron chi connectivity index (χ0n) is 33.5. The Morgan fingerprint density at radius 3 is 2.32 bits per heavy atom. The number of aromatic nitrogens is 3. The van der Waals surface area contributed by atoms with Crippen molar-refractivity contribution >= 4 is 47.0 Å². The normalized spacial score (nSPS) is 18.8. The minimum Gasteiger partial charge on any atom is -0.453 e. The number of rotatable bonds is 9. The summed E-state index contributed by atoms with van der Waals surface area (Å²) in [5.74, 6) is 0.0113. The molecule has 0 unspecified atom stereocenters. The highest BCUT2D eigenvalue weighted by atomic mass is 35.5. The van der Waals surface area contributed by atoms with Crippen molar-refractivity contribution in [3.8, 4) is 22.4 Å². The Morgan fingerprint density at radius 1 is 0.983 bits per heavy atom. The van der Waals surface area contributed by atoms with Crippen LogP contribution >= 0.6 is 11.6 Å². The van der Waals surface area contributed by atoms with Gasteiger partial charge in [0.2, 0.25) is 5.91 Å². The molecule has 2 saturated heterocycles. The number of likely N-dealkylation sites (tertiary alicyclic amines) is 1. The second-order valence-corrected chi connectivity index (χ2v) is 15.5. The van der Waals surface area contributed by atoms with Crippen LogP contribution in [0, 0.1) is 5.92 Å². The van der Waals surface area contributed by atoms with Crippen LogP contribution in [0.25, 0.3) is 22.4 Å². The molecule has 5 amide bonds. The smallest absolute Gasteiger partial charge is 0.417 e. The van der Waals surface area contributed by atoms with Crippen LogP contribution in [0.4, 0.5) is 34.3 Å². The molecular formula is C41H47ClF3N9O5. The number of halogens is 4. The lowest BCUT2D eigenvalue weighted by molar-refractivity contribution is -0.137. The van der Waals surface area contributed by atoms with Crippen LogP contribution in [0.5, 0.6) is 0 Å². The third-order valence-electron chi connectivity index (χ3n) is 10.8. The number of hydrogen-bond acceptors (Lipinski definition) is 8. The van der Waals surface area contributed by atoms with Crippen LogP contribution in [0.2, 0.25) is 5.02 Å². The van der Waals surface area contributed by atoms with Crippen molar-refractivity contribution in [2.45, 2.75) is 70.9 Å². The number of nitrogens with one attached hydrogen (secondary N) is 4. The second-order valence-electron chi connectivity index (χ2n) is 15.1. The minimum absolute atomic E-state index is 0.0578. The first-order valence-electron chi connectivity index (χ1n) is 19.2. The minimum atomic E-state index is -4.79. The predicted octanol–water partition coefficient (Wildman–Crippen LogP) is 7.35. The topological polar surface area (TPSA) is 165 Å². The number of imidazole rings is 1. The quantitative estimate of drug-likeness (QED) is 0.136. The molecule has 4 heterocycles. The van der Waals surface area contributed by atoms with Gasteiger partial charge in [-0.2, -0.15) is 13.2 Å². The number of urea groups is 1. The predicted molar refractivity (Wildman–Crippen MR) is 217 cm³/mol. The maximum absolute atomic E-state index is 14.6. The first kappa shape index (κ1) is 42.8. The van der Waals surface area contributed by atoms with E-state index in [0.29, 0.717) is 49.0 Å². The SMILES string of the molecule is CNC(=O)N1C[C@@H](C)N(c2ccc(C(=O)Nc3cc(C(F)(F)F)c(-c4ccc(-c5c[nH]c([C@@H]6CCCN6C(=O)[C@@H](NC(=O)OC)C(C)C)n5)cc4)cc3Cl)cn2)C[C@@H]1C. The zero-order chi connectivity index (χ0) is 42.8. The molecule has 18 heteroatoms. The monoisotopic (exact) mass is 837 g/mol. The van der Waals surface area contributed by atoms with Crippen LogP contribution in [0.15, 0.2) is 60.9 Å². The molecule has 4 N–H and O–H groups in total. The Morgan fingerprint density at radius 2 is 1.69 bits per heavy atom. The Hall–Kier alpha value is -5.84. The molecule has 2 aromatic heterocycles. The van der Waals surface area contributed by atoms with Gasteiger partial charge in [-0.3, -0.25) is 9.59 Å². The number of carbonyl (C=O) groups is 4. The van der Waals surface area contributed by atoms with Crippen LogP contribution < -0.4 is 20.9 Å². The van der Waals surface area contributed by atoms with Gasteiger partial charge in [-0.25, -0.2) is 19.6 Å². The number of methoxy groups -OCH3 is 1. The summed E-state index contributed by atoms with van der Waals surface area (Å²) < 4.78 is 48.4. The highest BCUT2D eigenvalue weighted by Gasteiger charge is 2.38. The standard InChI is InChI=1S/C41H47ClF3N9O5/c1-22(2)35(51-40(58)59-6)38(56)52-15-7-8-33(52)36-48-19-32(49-36)26-11-9-25(10-12-26)28-16-30(42)31(17-29(28)41(43,44)45)50-37(55)27-13-14-34(47-18-27)53-20-24(4)54(21-23(53)3)39(57)46-5/h9-14,16-19,22-24,33,35H,7-8,15,20-21H2,1-6H3,(H,46,57)(H,48,49)(H,50,55)(H,51,58)/t23-,24+,33+,35+/m1/s1. The number of pyridine rings is 1. The molecule has 0 aliphatic carbocycles. The van der Waals surface area contributed by atoms with Gasteiger partial charge in [0.25, 0.3) is 5.91 Å². The lowest BCUT2D eigenvalue weighted by atomic mass is 9.97. The number of ether oxygens (including phenoxy) is 1. The van der Waals surface area contributed by atoms with Crippen molar-refractivity contribution < 1.29 is 37.1 Å². The van der Waals surface area contributed by atoms with Crippen molar-refractivity contribution in [2.24, 2.45) is 5.92 Å². The Bertz CT molecular complexity index is 2180. The highest BCUT2D eigenvalue weighted by Crippen LogP contribution is 2.42. The van der Waals surface area contributed by atoms with E-state index in [1.54, 1.807) is 41.2 Å². The molecule has 314 valence electrons. The van der Waals surface area contributed by atoms with Crippen molar-refractivity contribution in [2.75, 3.05) is 44.0 Å². The van der Waals surface area contributed by atoms with E-state index in [9.17, 15) is 32.3 Å². The van der Waals surface area contributed by atoms with Gasteiger partial charge in [0.15, 0.2) is 0 Å². The van der Waals surface area contributed by atoms with E-state index in [1.165, 1.54) is 37.6 Å². The number of aromatic amines is 1. The Balaban J connectivity index is 1.16. The van der Waals surface area contributed by atoms with E-state index >= 15 is 0 Å². The molecule has 59 heavy (non-hydrogen) atoms. The average Bonchev–Trinajstić information content (AvgIpc) is 3.91. The molecule has 6 rings (SSSR count). The van der Waals surface area contributed by atoms with Crippen molar-refractivity contribution in [3.05, 3.63) is 82.9 Å². The van der Waals surface area contributed by atoms with Gasteiger partial charge in [-0.15, -0.1) is 0 Å². The van der Waals surface area contributed by atoms with Gasteiger partial charge in [-0.05, 0) is 68.0 Å². The molecule has 2 aliphatic rings. The lowest BCUT2D eigenvalue weighted by Crippen LogP contribution is -2.60. The molecule has 0 bridgehead atoms. The van der Waals surface area contributed by atoms with Crippen molar-refractivity contribution in [1.29, 1.82) is 0 Å². The van der Waals surface area contributed by atoms with E-state index in [2.05, 4.69) is 25.9 Å². The maximum Gasteiger partial charge on any atom is 0.417 e. The summed E-state index contributed by atoms with van der Waals surface area (Å²) in [6.07, 6.45) is -1.08. The Labute approximate surface area is 344 Å². The molecule has 4 aromatic rings. The van der Waals surface area contributed by atoms with Gasteiger partial charge < -0.3 is 40.4 Å². The first-order chi connectivity index (χ1) is 28.0. The van der Waals surface area contributed by atoms with E-state index in [0.717, 1.165) is 12.5 Å². The molecule has 0 radical (unpaired) electrons. The summed E-state index contributed by atoms with van der Waals surface area (Å²) in [4.78, 5) is 68.8. The molecule has 2 aromatic carbocycles. The number of benzene rings is 2. The largest absolute Gasteiger partial charge is 0.453 e. The number of anilines is 2. The number of H-pyrrole nitrogens is 1. The first-order valence-corrected chi connectivity index (χ1v) is 19.6. The van der Waals surface area contributed by atoms with Gasteiger partial charge in [-0.1, -0.05) is 49.7 Å². The summed E-state index contributed by atoms with van der Waals surface area (Å²) in [7, 11) is 2.81. The molecule has 0 saturated carbocycles. The molecule has 2 aliphatic heterocycles. The van der Waals surface area contributed by atoms with Gasteiger partial charge in [0.05, 0.1) is 40.7 Å². The molecule has 0 spiro atoms. The summed E-state index contributed by atoms with van der Waals surface area (Å²) in [5.41, 5.74) is 0.116. The second kappa shape index (κ2) is 17.6. The number of amides is 5. The maximum atomic E-state index is 14.6. The van der Waals surface area contributed by atoms with Crippen molar-refractivity contribution in [3.63, 3.8) is 0 Å². The molecule has 4 atom stereocenters. The third-order valence-corrected chi connectivity index (χ3v) is 11.1. The number of carbonyl (C=O) groups excluding carboxylic acids is 4. The number of alkyl halides is 3. The summed E-state index contributed by atoms with van der Waals surface area (Å²) in [6, 6.07) is 10.1. The van der Waals surface area contributed by atoms with Crippen LogP contribution in [-0.2, 0) is 15.7 Å². The van der Waals surface area contributed by atoms with E-state index in [4.69, 9.17) is 21.3 Å². The van der Waals surface area contributed by atoms with Crippen LogP contribution in [-0.4, -0.2) is 101 Å². The summed E-state index contributed by atoms with van der Waals surface area (Å²) in [6.45, 7) is 9.03. The summed E-state index contributed by atoms with van der Waals surface area (Å²) >= 11 is 6.52. The average molecular weight is 838 g/mol. The fourth-order valence-corrected chi connectivity index (χ4v) is 7.78. The Kier molecular flexibility index (Phi) is 12.7. The molecule has 14 nitrogen and oxygen atoms in total. The molecule has 2 fully saturated rings. The van der Waals surface area contributed by atoms with Gasteiger partial charge in [0, 0.05) is 56.7 Å². The van der Waals surface area contributed by atoms with E-state index < -0.39 is 29.8 Å². The fourth-order valence-electron chi connectivity index (χ4n) is 7.57. The molecular weight excluding hydrogens is 791 g/mol. The number of nitrogens with zero attached hydrogens (tertiary/aromatic N) is 5.